The van der Waals surface area contributed by atoms with E-state index in [-0.39, 0.29) is 6.04 Å². The minimum Gasteiger partial charge on any atom is -0.375 e. The van der Waals surface area contributed by atoms with Gasteiger partial charge in [0.1, 0.15) is 24.1 Å². The molecule has 0 unspecified atom stereocenters. The summed E-state index contributed by atoms with van der Waals surface area (Å²) in [5, 5.41) is 3.71. The molecule has 1 heterocycles. The molecule has 0 amide bonds. The fraction of sp³-hybridized carbons (Fsp3) is 0.244. The van der Waals surface area contributed by atoms with E-state index in [1.54, 1.807) is 0 Å². The Morgan fingerprint density at radius 2 is 0.851 bits per heavy atom. The molecule has 47 heavy (non-hydrogen) atoms. The third-order valence-corrected chi connectivity index (χ3v) is 8.15. The molecular weight excluding hydrogens is 584 g/mol. The summed E-state index contributed by atoms with van der Waals surface area (Å²) in [5.41, 5.74) is 5.47. The number of piperidine rings is 1. The molecule has 1 aliphatic rings. The topological polar surface area (TPSA) is 61.3 Å². The SMILES string of the molecule is c1ccc(CN=C2N[C@@H](COCc3ccccc3)[C@H](OCc3ccccc3)[C@H](OCc3ccccc3)[C@@H]2OCc2ccccc2)cc1. The van der Waals surface area contributed by atoms with Crippen molar-refractivity contribution in [3.63, 3.8) is 0 Å². The van der Waals surface area contributed by atoms with Crippen LogP contribution in [0.2, 0.25) is 0 Å². The smallest absolute Gasteiger partial charge is 0.143 e. The molecule has 6 heteroatoms. The van der Waals surface area contributed by atoms with E-state index in [2.05, 4.69) is 66.0 Å². The van der Waals surface area contributed by atoms with Crippen molar-refractivity contribution in [2.24, 2.45) is 4.99 Å². The first kappa shape index (κ1) is 32.4. The van der Waals surface area contributed by atoms with Crippen molar-refractivity contribution in [2.45, 2.75) is 57.3 Å². The Balaban J connectivity index is 1.32. The zero-order valence-corrected chi connectivity index (χ0v) is 26.6. The van der Waals surface area contributed by atoms with Crippen LogP contribution in [0, 0.1) is 0 Å². The molecule has 5 aromatic carbocycles. The molecule has 4 atom stereocenters. The van der Waals surface area contributed by atoms with E-state index in [9.17, 15) is 0 Å². The van der Waals surface area contributed by atoms with Gasteiger partial charge >= 0.3 is 0 Å². The minimum atomic E-state index is -0.506. The lowest BCUT2D eigenvalue weighted by Gasteiger charge is -2.44. The molecule has 1 N–H and O–H groups in total. The van der Waals surface area contributed by atoms with Crippen molar-refractivity contribution in [1.29, 1.82) is 0 Å². The van der Waals surface area contributed by atoms with E-state index in [1.165, 1.54) is 0 Å². The van der Waals surface area contributed by atoms with Gasteiger partial charge in [0.15, 0.2) is 0 Å². The largest absolute Gasteiger partial charge is 0.375 e. The van der Waals surface area contributed by atoms with Crippen molar-refractivity contribution >= 4 is 5.84 Å². The van der Waals surface area contributed by atoms with Crippen LogP contribution in [0.3, 0.4) is 0 Å². The van der Waals surface area contributed by atoms with Crippen LogP contribution in [-0.2, 0) is 51.9 Å². The van der Waals surface area contributed by atoms with Crippen LogP contribution in [0.1, 0.15) is 27.8 Å². The first-order valence-corrected chi connectivity index (χ1v) is 16.2. The average Bonchev–Trinajstić information content (AvgIpc) is 3.14. The van der Waals surface area contributed by atoms with Crippen LogP contribution in [0.25, 0.3) is 0 Å². The molecule has 1 saturated heterocycles. The van der Waals surface area contributed by atoms with Gasteiger partial charge in [0.2, 0.25) is 0 Å². The lowest BCUT2D eigenvalue weighted by Crippen LogP contribution is -2.66. The molecule has 1 aliphatic heterocycles. The highest BCUT2D eigenvalue weighted by atomic mass is 16.6. The van der Waals surface area contributed by atoms with E-state index in [1.807, 2.05) is 91.0 Å². The zero-order chi connectivity index (χ0) is 31.9. The summed E-state index contributed by atoms with van der Waals surface area (Å²) in [6, 6.07) is 50.9. The second-order valence-electron chi connectivity index (χ2n) is 11.7. The number of amidine groups is 1. The predicted octanol–water partition coefficient (Wildman–Crippen LogP) is 7.53. The average molecular weight is 627 g/mol. The fourth-order valence-electron chi connectivity index (χ4n) is 5.68. The number of nitrogens with one attached hydrogen (secondary N) is 1. The van der Waals surface area contributed by atoms with Gasteiger partial charge in [-0.05, 0) is 27.8 Å². The Hall–Kier alpha value is -4.59. The highest BCUT2D eigenvalue weighted by Crippen LogP contribution is 2.26. The Bertz CT molecular complexity index is 1620. The number of rotatable bonds is 15. The van der Waals surface area contributed by atoms with Gasteiger partial charge in [0, 0.05) is 0 Å². The Morgan fingerprint density at radius 3 is 1.34 bits per heavy atom. The number of aliphatic imine (C=N–C) groups is 1. The van der Waals surface area contributed by atoms with Crippen LogP contribution >= 0.6 is 0 Å². The van der Waals surface area contributed by atoms with Crippen LogP contribution < -0.4 is 5.32 Å². The predicted molar refractivity (Wildman–Crippen MR) is 186 cm³/mol. The third-order valence-electron chi connectivity index (χ3n) is 8.15. The van der Waals surface area contributed by atoms with E-state index >= 15 is 0 Å². The van der Waals surface area contributed by atoms with Gasteiger partial charge < -0.3 is 24.3 Å². The molecule has 0 saturated carbocycles. The number of ether oxygens (including phenoxy) is 4. The standard InChI is InChI=1S/C41H42N2O4/c1-6-16-32(17-7-1)26-42-41-40(47-30-36-24-14-5-15-25-36)39(46-29-35-22-12-4-13-23-35)38(45-28-34-20-10-3-11-21-34)37(43-41)31-44-27-33-18-8-2-9-19-33/h1-25,37-40H,26-31H2,(H,42,43)/t37-,38-,39-,40-/m0/s1. The van der Waals surface area contributed by atoms with Crippen molar-refractivity contribution in [3.8, 4) is 0 Å². The van der Waals surface area contributed by atoms with Crippen molar-refractivity contribution in [2.75, 3.05) is 6.61 Å². The molecular formula is C41H42N2O4. The summed E-state index contributed by atoms with van der Waals surface area (Å²) < 4.78 is 26.7. The van der Waals surface area contributed by atoms with Crippen LogP contribution in [-0.4, -0.2) is 36.8 Å². The third kappa shape index (κ3) is 9.70. The van der Waals surface area contributed by atoms with Crippen molar-refractivity contribution in [1.82, 2.24) is 5.32 Å². The van der Waals surface area contributed by atoms with E-state index in [4.69, 9.17) is 23.9 Å². The van der Waals surface area contributed by atoms with Crippen LogP contribution in [0.15, 0.2) is 157 Å². The molecule has 1 fully saturated rings. The Kier molecular flexibility index (Phi) is 12.0. The molecule has 0 bridgehead atoms. The second kappa shape index (κ2) is 17.4. The van der Waals surface area contributed by atoms with Gasteiger partial charge in [0.05, 0.1) is 45.6 Å². The quantitative estimate of drug-likeness (QED) is 0.130. The molecule has 6 rings (SSSR count). The number of hydrogen-bond acceptors (Lipinski definition) is 5. The second-order valence-corrected chi connectivity index (χ2v) is 11.7. The summed E-state index contributed by atoms with van der Waals surface area (Å²) >= 11 is 0. The Labute approximate surface area is 278 Å². The summed E-state index contributed by atoms with van der Waals surface area (Å²) in [7, 11) is 0. The lowest BCUT2D eigenvalue weighted by molar-refractivity contribution is -0.157. The van der Waals surface area contributed by atoms with Gasteiger partial charge in [-0.15, -0.1) is 0 Å². The summed E-state index contributed by atoms with van der Waals surface area (Å²) in [4.78, 5) is 5.11. The van der Waals surface area contributed by atoms with Crippen LogP contribution in [0.4, 0.5) is 0 Å². The van der Waals surface area contributed by atoms with Crippen LogP contribution in [0.5, 0.6) is 0 Å². The lowest BCUT2D eigenvalue weighted by atomic mass is 9.94. The highest BCUT2D eigenvalue weighted by molar-refractivity contribution is 5.88. The molecule has 240 valence electrons. The summed E-state index contributed by atoms with van der Waals surface area (Å²) in [6.07, 6.45) is -1.37. The van der Waals surface area contributed by atoms with Gasteiger partial charge in [-0.3, -0.25) is 4.99 Å². The number of nitrogens with zero attached hydrogens (tertiary/aromatic N) is 1. The molecule has 0 radical (unpaired) electrons. The van der Waals surface area contributed by atoms with Gasteiger partial charge in [-0.25, -0.2) is 0 Å². The summed E-state index contributed by atoms with van der Waals surface area (Å²) in [5.74, 6) is 0.732. The maximum Gasteiger partial charge on any atom is 0.143 e. The monoisotopic (exact) mass is 626 g/mol. The van der Waals surface area contributed by atoms with E-state index < -0.39 is 18.3 Å². The molecule has 0 aromatic heterocycles. The maximum atomic E-state index is 6.82. The van der Waals surface area contributed by atoms with E-state index in [0.29, 0.717) is 39.6 Å². The zero-order valence-electron chi connectivity index (χ0n) is 26.6. The highest BCUT2D eigenvalue weighted by Gasteiger charge is 2.45. The molecule has 0 aliphatic carbocycles. The van der Waals surface area contributed by atoms with E-state index in [0.717, 1.165) is 33.7 Å². The van der Waals surface area contributed by atoms with Crippen molar-refractivity contribution < 1.29 is 18.9 Å². The number of hydrogen-bond donors (Lipinski definition) is 1. The fourth-order valence-corrected chi connectivity index (χ4v) is 5.68. The normalized spacial score (nSPS) is 20.1. The first-order valence-electron chi connectivity index (χ1n) is 16.2. The Morgan fingerprint density at radius 1 is 0.447 bits per heavy atom. The van der Waals surface area contributed by atoms with Gasteiger partial charge in [-0.2, -0.15) is 0 Å². The van der Waals surface area contributed by atoms with Crippen molar-refractivity contribution in [3.05, 3.63) is 179 Å². The molecule has 5 aromatic rings. The van der Waals surface area contributed by atoms with Gasteiger partial charge in [0.25, 0.3) is 0 Å². The maximum absolute atomic E-state index is 6.82. The number of benzene rings is 5. The minimum absolute atomic E-state index is 0.241. The van der Waals surface area contributed by atoms with Gasteiger partial charge in [-0.1, -0.05) is 152 Å². The molecule has 0 spiro atoms. The molecule has 6 nitrogen and oxygen atoms in total. The first-order chi connectivity index (χ1) is 23.3. The summed E-state index contributed by atoms with van der Waals surface area (Å²) in [6.45, 7) is 2.64.